The number of fused-ring (bicyclic) bond motifs is 1. The first-order valence-corrected chi connectivity index (χ1v) is 10.5. The Morgan fingerprint density at radius 2 is 1.97 bits per heavy atom. The van der Waals surface area contributed by atoms with Crippen molar-refractivity contribution in [1.82, 2.24) is 14.4 Å². The molecule has 1 fully saturated rings. The van der Waals surface area contributed by atoms with Gasteiger partial charge in [-0.05, 0) is 30.3 Å². The fraction of sp³-hybridized carbons (Fsp3) is 0.190. The van der Waals surface area contributed by atoms with Gasteiger partial charge in [-0.3, -0.25) is 9.20 Å². The highest BCUT2D eigenvalue weighted by Crippen LogP contribution is 2.29. The molecule has 1 aliphatic heterocycles. The fourth-order valence-corrected chi connectivity index (χ4v) is 4.29. The summed E-state index contributed by atoms with van der Waals surface area (Å²) in [5, 5.41) is 5.25. The summed E-state index contributed by atoms with van der Waals surface area (Å²) in [6.45, 7) is 3.34. The van der Waals surface area contributed by atoms with Crippen LogP contribution in [-0.4, -0.2) is 46.6 Å². The van der Waals surface area contributed by atoms with Gasteiger partial charge in [0.25, 0.3) is 5.91 Å². The van der Waals surface area contributed by atoms with Gasteiger partial charge < -0.3 is 20.7 Å². The predicted molar refractivity (Wildman–Crippen MR) is 118 cm³/mol. The summed E-state index contributed by atoms with van der Waals surface area (Å²) >= 11 is 1.32. The zero-order valence-electron chi connectivity index (χ0n) is 16.1. The molecule has 1 amide bonds. The quantitative estimate of drug-likeness (QED) is 0.515. The Kier molecular flexibility index (Phi) is 4.82. The summed E-state index contributed by atoms with van der Waals surface area (Å²) in [6, 6.07) is 10.1. The van der Waals surface area contributed by atoms with Crippen molar-refractivity contribution in [2.75, 3.05) is 36.5 Å². The smallest absolute Gasteiger partial charge is 0.258 e. The minimum atomic E-state index is -0.431. The second-order valence-electron chi connectivity index (χ2n) is 6.95. The van der Waals surface area contributed by atoms with E-state index >= 15 is 0 Å². The monoisotopic (exact) mass is 420 g/mol. The van der Waals surface area contributed by atoms with Gasteiger partial charge >= 0.3 is 0 Å². The van der Waals surface area contributed by atoms with E-state index < -0.39 is 5.91 Å². The molecule has 152 valence electrons. The molecular formula is C21H20N6O2S. The van der Waals surface area contributed by atoms with Gasteiger partial charge in [0.1, 0.15) is 0 Å². The number of hydrogen-bond acceptors (Lipinski definition) is 7. The van der Waals surface area contributed by atoms with Crippen LogP contribution in [0.3, 0.4) is 0 Å². The lowest BCUT2D eigenvalue weighted by Gasteiger charge is -2.28. The minimum Gasteiger partial charge on any atom is -0.378 e. The van der Waals surface area contributed by atoms with E-state index in [0.29, 0.717) is 16.3 Å². The number of nitrogens with zero attached hydrogens (tertiary/aromatic N) is 4. The van der Waals surface area contributed by atoms with Gasteiger partial charge in [-0.15, -0.1) is 11.3 Å². The van der Waals surface area contributed by atoms with Gasteiger partial charge in [0.05, 0.1) is 30.0 Å². The number of anilines is 3. The largest absolute Gasteiger partial charge is 0.378 e. The van der Waals surface area contributed by atoms with Crippen LogP contribution in [0.4, 0.5) is 17.2 Å². The van der Waals surface area contributed by atoms with E-state index in [2.05, 4.69) is 32.3 Å². The minimum absolute atomic E-state index is 0.431. The molecule has 0 unspecified atom stereocenters. The first kappa shape index (κ1) is 18.6. The highest BCUT2D eigenvalue weighted by molar-refractivity contribution is 7.12. The maximum atomic E-state index is 11.4. The topological polar surface area (TPSA) is 97.8 Å². The Bertz CT molecular complexity index is 1190. The van der Waals surface area contributed by atoms with Crippen molar-refractivity contribution in [3.8, 4) is 11.3 Å². The molecule has 0 bridgehead atoms. The number of carbonyl (C=O) groups excluding carboxylic acids is 1. The van der Waals surface area contributed by atoms with Crippen LogP contribution in [0.25, 0.3) is 16.9 Å². The Morgan fingerprint density at radius 1 is 1.17 bits per heavy atom. The second-order valence-corrected chi connectivity index (χ2v) is 7.86. The molecule has 4 heterocycles. The Morgan fingerprint density at radius 3 is 2.70 bits per heavy atom. The lowest BCUT2D eigenvalue weighted by molar-refractivity contribution is 0.100. The number of benzene rings is 1. The first-order valence-electron chi connectivity index (χ1n) is 9.59. The van der Waals surface area contributed by atoms with Gasteiger partial charge in [-0.1, -0.05) is 0 Å². The van der Waals surface area contributed by atoms with E-state index in [4.69, 9.17) is 10.5 Å². The van der Waals surface area contributed by atoms with Crippen LogP contribution in [0, 0.1) is 0 Å². The second kappa shape index (κ2) is 7.77. The van der Waals surface area contributed by atoms with Crippen LogP contribution in [-0.2, 0) is 4.74 Å². The predicted octanol–water partition coefficient (Wildman–Crippen LogP) is 3.14. The number of carbonyl (C=O) groups is 1. The molecule has 5 rings (SSSR count). The van der Waals surface area contributed by atoms with Gasteiger partial charge in [0.15, 0.2) is 11.5 Å². The normalized spacial score (nSPS) is 14.2. The number of ether oxygens (including phenoxy) is 1. The van der Waals surface area contributed by atoms with Crippen LogP contribution in [0.1, 0.15) is 9.67 Å². The number of thiophene rings is 1. The summed E-state index contributed by atoms with van der Waals surface area (Å²) < 4.78 is 7.37. The maximum absolute atomic E-state index is 11.4. The Balaban J connectivity index is 1.41. The molecule has 1 saturated heterocycles. The van der Waals surface area contributed by atoms with Crippen molar-refractivity contribution in [3.63, 3.8) is 0 Å². The summed E-state index contributed by atoms with van der Waals surface area (Å²) in [7, 11) is 0. The van der Waals surface area contributed by atoms with Gasteiger partial charge in [-0.25, -0.2) is 9.97 Å². The average Bonchev–Trinajstić information content (AvgIpc) is 3.46. The number of imidazole rings is 1. The van der Waals surface area contributed by atoms with E-state index in [1.54, 1.807) is 18.5 Å². The van der Waals surface area contributed by atoms with Crippen molar-refractivity contribution >= 4 is 40.1 Å². The molecule has 1 aliphatic rings. The molecule has 0 saturated carbocycles. The highest BCUT2D eigenvalue weighted by atomic mass is 32.1. The average molecular weight is 420 g/mol. The summed E-state index contributed by atoms with van der Waals surface area (Å²) in [5.74, 6) is 0.230. The first-order chi connectivity index (χ1) is 14.7. The molecule has 0 aliphatic carbocycles. The van der Waals surface area contributed by atoms with Gasteiger partial charge in [0.2, 0.25) is 0 Å². The van der Waals surface area contributed by atoms with Gasteiger partial charge in [-0.2, -0.15) is 0 Å². The number of rotatable bonds is 5. The SMILES string of the molecule is NC(=O)c1cc(-c2cnc(Nc3ccc(N4CCOCC4)cc3)c3nccn23)cs1. The van der Waals surface area contributed by atoms with Crippen molar-refractivity contribution < 1.29 is 9.53 Å². The van der Waals surface area contributed by atoms with Crippen LogP contribution in [0.15, 0.2) is 54.3 Å². The molecule has 0 spiro atoms. The highest BCUT2D eigenvalue weighted by Gasteiger charge is 2.14. The van der Waals surface area contributed by atoms with E-state index in [9.17, 15) is 4.79 Å². The lowest BCUT2D eigenvalue weighted by Crippen LogP contribution is -2.36. The van der Waals surface area contributed by atoms with E-state index in [-0.39, 0.29) is 0 Å². The Hall–Kier alpha value is -3.43. The van der Waals surface area contributed by atoms with Crippen LogP contribution < -0.4 is 16.0 Å². The number of aromatic nitrogens is 3. The van der Waals surface area contributed by atoms with Crippen molar-refractivity contribution in [1.29, 1.82) is 0 Å². The zero-order chi connectivity index (χ0) is 20.5. The number of hydrogen-bond donors (Lipinski definition) is 2. The van der Waals surface area contributed by atoms with Crippen molar-refractivity contribution in [2.24, 2.45) is 5.73 Å². The standard InChI is InChI=1S/C21H20N6O2S/c22-19(28)18-11-14(13-30-18)17-12-24-20(21-23-5-6-27(17)21)25-15-1-3-16(4-2-15)26-7-9-29-10-8-26/h1-6,11-13H,7-10H2,(H2,22,28)(H,24,25). The number of primary amides is 1. The van der Waals surface area contributed by atoms with Crippen LogP contribution in [0.2, 0.25) is 0 Å². The number of morpholine rings is 1. The molecule has 4 aromatic rings. The van der Waals surface area contributed by atoms with E-state index in [0.717, 1.165) is 43.2 Å². The van der Waals surface area contributed by atoms with Crippen molar-refractivity contribution in [2.45, 2.75) is 0 Å². The van der Waals surface area contributed by atoms with Gasteiger partial charge in [0, 0.05) is 47.8 Å². The summed E-state index contributed by atoms with van der Waals surface area (Å²) in [5.41, 5.74) is 9.93. The van der Waals surface area contributed by atoms with E-state index in [1.807, 2.05) is 28.1 Å². The summed E-state index contributed by atoms with van der Waals surface area (Å²) in [6.07, 6.45) is 5.38. The molecule has 8 nitrogen and oxygen atoms in total. The third kappa shape index (κ3) is 3.49. The maximum Gasteiger partial charge on any atom is 0.258 e. The molecule has 0 radical (unpaired) electrons. The molecule has 9 heteroatoms. The van der Waals surface area contributed by atoms with Crippen LogP contribution in [0.5, 0.6) is 0 Å². The van der Waals surface area contributed by atoms with Crippen molar-refractivity contribution in [3.05, 3.63) is 59.2 Å². The number of nitrogens with one attached hydrogen (secondary N) is 1. The third-order valence-electron chi connectivity index (χ3n) is 5.07. The third-order valence-corrected chi connectivity index (χ3v) is 6.02. The number of amides is 1. The zero-order valence-corrected chi connectivity index (χ0v) is 16.9. The molecular weight excluding hydrogens is 400 g/mol. The van der Waals surface area contributed by atoms with Crippen LogP contribution >= 0.6 is 11.3 Å². The molecule has 0 atom stereocenters. The number of nitrogens with two attached hydrogens (primary N) is 1. The fourth-order valence-electron chi connectivity index (χ4n) is 3.53. The lowest BCUT2D eigenvalue weighted by atomic mass is 10.2. The molecule has 3 aromatic heterocycles. The Labute approximate surface area is 176 Å². The summed E-state index contributed by atoms with van der Waals surface area (Å²) in [4.78, 5) is 23.3. The molecule has 30 heavy (non-hydrogen) atoms. The molecule has 1 aromatic carbocycles. The molecule has 3 N–H and O–H groups in total. The van der Waals surface area contributed by atoms with E-state index in [1.165, 1.54) is 17.0 Å².